The molecule has 2 aliphatic rings. The van der Waals surface area contributed by atoms with Gasteiger partial charge in [0.1, 0.15) is 42.4 Å². The van der Waals surface area contributed by atoms with Crippen molar-refractivity contribution in [1.29, 1.82) is 0 Å². The van der Waals surface area contributed by atoms with E-state index in [1.54, 1.807) is 0 Å². The fourth-order valence-electron chi connectivity index (χ4n) is 3.25. The van der Waals surface area contributed by atoms with E-state index in [9.17, 15) is 35.7 Å². The lowest BCUT2D eigenvalue weighted by Gasteiger charge is -2.44. The van der Waals surface area contributed by atoms with Crippen molar-refractivity contribution in [2.75, 3.05) is 13.2 Å². The summed E-state index contributed by atoms with van der Waals surface area (Å²) < 4.78 is 12.1. The molecule has 7 N–H and O–H groups in total. The smallest absolute Gasteiger partial charge is 0.187 e. The number of hydrogen-bond acceptors (Lipinski definition) is 10. The first-order valence-corrected chi connectivity index (χ1v) is 7.86. The highest BCUT2D eigenvalue weighted by molar-refractivity contribution is 5.11. The van der Waals surface area contributed by atoms with Gasteiger partial charge in [0.2, 0.25) is 0 Å². The molecule has 0 bridgehead atoms. The molecule has 3 rings (SSSR count). The fraction of sp³-hybridized carbons (Fsp3) is 0.786. The molecule has 1 saturated heterocycles. The van der Waals surface area contributed by atoms with Crippen molar-refractivity contribution in [3.63, 3.8) is 0 Å². The maximum atomic E-state index is 10.3. The molecule has 11 heteroatoms. The van der Waals surface area contributed by atoms with Crippen molar-refractivity contribution >= 4 is 0 Å². The standard InChI is InChI=1S/C14H22N2O9/c17-3-5-11(10(22)13(23)16-2-1-15-12(5)16)25-14-9(21)8(20)7(19)6(4-18)24-14/h1-2,5-11,13-14,17-23H,3-4H2/t5-,6-,7-,8+,9-,10+,11-,13-,14+/m1/s1. The average molecular weight is 362 g/mol. The number of aliphatic hydroxyl groups is 7. The van der Waals surface area contributed by atoms with Crippen LogP contribution in [0.2, 0.25) is 0 Å². The molecule has 0 aromatic carbocycles. The van der Waals surface area contributed by atoms with Crippen LogP contribution < -0.4 is 0 Å². The van der Waals surface area contributed by atoms with E-state index in [2.05, 4.69) is 4.98 Å². The van der Waals surface area contributed by atoms with E-state index >= 15 is 0 Å². The van der Waals surface area contributed by atoms with E-state index in [4.69, 9.17) is 9.47 Å². The predicted molar refractivity (Wildman–Crippen MR) is 78.0 cm³/mol. The first-order chi connectivity index (χ1) is 11.9. The molecule has 1 aromatic rings. The molecule has 0 amide bonds. The van der Waals surface area contributed by atoms with Crippen LogP contribution >= 0.6 is 0 Å². The molecule has 11 nitrogen and oxygen atoms in total. The molecule has 142 valence electrons. The van der Waals surface area contributed by atoms with Crippen molar-refractivity contribution in [1.82, 2.24) is 9.55 Å². The van der Waals surface area contributed by atoms with Crippen molar-refractivity contribution in [3.05, 3.63) is 18.2 Å². The van der Waals surface area contributed by atoms with Gasteiger partial charge in [-0.15, -0.1) is 0 Å². The Morgan fingerprint density at radius 3 is 2.36 bits per heavy atom. The van der Waals surface area contributed by atoms with Crippen molar-refractivity contribution in [2.45, 2.75) is 55.1 Å². The highest BCUT2D eigenvalue weighted by Crippen LogP contribution is 2.36. The number of aliphatic hydroxyl groups excluding tert-OH is 7. The van der Waals surface area contributed by atoms with E-state index < -0.39 is 68.3 Å². The van der Waals surface area contributed by atoms with Crippen molar-refractivity contribution in [2.24, 2.45) is 0 Å². The van der Waals surface area contributed by atoms with Gasteiger partial charge in [0.25, 0.3) is 0 Å². The van der Waals surface area contributed by atoms with E-state index in [1.807, 2.05) is 0 Å². The van der Waals surface area contributed by atoms with Crippen LogP contribution in [0.3, 0.4) is 0 Å². The van der Waals surface area contributed by atoms with E-state index in [1.165, 1.54) is 17.0 Å². The third-order valence-corrected chi connectivity index (χ3v) is 4.69. The molecule has 9 atom stereocenters. The highest BCUT2D eigenvalue weighted by Gasteiger charge is 2.49. The number of ether oxygens (including phenoxy) is 2. The summed E-state index contributed by atoms with van der Waals surface area (Å²) in [6.45, 7) is -1.10. The van der Waals surface area contributed by atoms with Crippen LogP contribution in [0.25, 0.3) is 0 Å². The van der Waals surface area contributed by atoms with Crippen LogP contribution in [-0.2, 0) is 9.47 Å². The summed E-state index contributed by atoms with van der Waals surface area (Å²) in [7, 11) is 0. The third-order valence-electron chi connectivity index (χ3n) is 4.69. The molecule has 0 unspecified atom stereocenters. The molecule has 0 saturated carbocycles. The summed E-state index contributed by atoms with van der Waals surface area (Å²) in [6, 6.07) is 0. The van der Waals surface area contributed by atoms with Crippen LogP contribution in [0.1, 0.15) is 18.0 Å². The van der Waals surface area contributed by atoms with Crippen LogP contribution in [0, 0.1) is 0 Å². The van der Waals surface area contributed by atoms with Gasteiger partial charge in [0.15, 0.2) is 12.5 Å². The summed E-state index contributed by atoms with van der Waals surface area (Å²) in [6.07, 6.45) is -8.78. The zero-order chi connectivity index (χ0) is 18.3. The molecule has 0 radical (unpaired) electrons. The zero-order valence-corrected chi connectivity index (χ0v) is 13.1. The third kappa shape index (κ3) is 3.07. The lowest BCUT2D eigenvalue weighted by atomic mass is 9.92. The summed E-state index contributed by atoms with van der Waals surface area (Å²) in [4.78, 5) is 4.03. The van der Waals surface area contributed by atoms with Gasteiger partial charge in [-0.3, -0.25) is 0 Å². The van der Waals surface area contributed by atoms with Gasteiger partial charge in [0, 0.05) is 12.4 Å². The molecule has 2 aliphatic heterocycles. The van der Waals surface area contributed by atoms with Crippen molar-refractivity contribution in [3.8, 4) is 0 Å². The Kier molecular flexibility index (Phi) is 5.39. The highest BCUT2D eigenvalue weighted by atomic mass is 16.7. The van der Waals surface area contributed by atoms with E-state index in [0.717, 1.165) is 0 Å². The molecule has 3 heterocycles. The SMILES string of the molecule is OC[C@H]1O[C@@H](O[C@H]2[C@H](O)[C@@H](O)n3ccnc3[C@@H]2CO)[C@H](O)[C@@H](O)[C@@H]1O. The summed E-state index contributed by atoms with van der Waals surface area (Å²) in [5.74, 6) is -0.560. The summed E-state index contributed by atoms with van der Waals surface area (Å²) in [5.41, 5.74) is 0. The second-order valence-corrected chi connectivity index (χ2v) is 6.18. The Morgan fingerprint density at radius 1 is 1.00 bits per heavy atom. The number of hydrogen-bond donors (Lipinski definition) is 7. The minimum Gasteiger partial charge on any atom is -0.396 e. The second kappa shape index (κ2) is 7.23. The first kappa shape index (κ1) is 18.6. The maximum Gasteiger partial charge on any atom is 0.187 e. The molecule has 0 aliphatic carbocycles. The van der Waals surface area contributed by atoms with Crippen molar-refractivity contribution < 1.29 is 45.2 Å². The van der Waals surface area contributed by atoms with Gasteiger partial charge in [-0.1, -0.05) is 0 Å². The predicted octanol–water partition coefficient (Wildman–Crippen LogP) is -3.99. The Morgan fingerprint density at radius 2 is 1.72 bits per heavy atom. The minimum atomic E-state index is -1.66. The normalized spacial score (nSPS) is 44.5. The van der Waals surface area contributed by atoms with E-state index in [0.29, 0.717) is 0 Å². The number of nitrogens with zero attached hydrogens (tertiary/aromatic N) is 2. The van der Waals surface area contributed by atoms with Crippen LogP contribution in [0.4, 0.5) is 0 Å². The van der Waals surface area contributed by atoms with Gasteiger partial charge in [-0.05, 0) is 0 Å². The Labute approximate surface area is 142 Å². The first-order valence-electron chi connectivity index (χ1n) is 7.86. The maximum absolute atomic E-state index is 10.3. The van der Waals surface area contributed by atoms with Crippen LogP contribution in [0.5, 0.6) is 0 Å². The lowest BCUT2D eigenvalue weighted by Crippen LogP contribution is -2.61. The Bertz CT molecular complexity index is 582. The summed E-state index contributed by atoms with van der Waals surface area (Å²) in [5, 5.41) is 69.0. The number of fused-ring (bicyclic) bond motifs is 1. The van der Waals surface area contributed by atoms with E-state index in [-0.39, 0.29) is 5.82 Å². The van der Waals surface area contributed by atoms with Gasteiger partial charge in [-0.25, -0.2) is 4.98 Å². The van der Waals surface area contributed by atoms with Gasteiger partial charge in [-0.2, -0.15) is 0 Å². The monoisotopic (exact) mass is 362 g/mol. The summed E-state index contributed by atoms with van der Waals surface area (Å²) >= 11 is 0. The zero-order valence-electron chi connectivity index (χ0n) is 13.1. The van der Waals surface area contributed by atoms with Gasteiger partial charge in [0.05, 0.1) is 19.1 Å². The topological polar surface area (TPSA) is 178 Å². The Hall–Kier alpha value is -1.15. The molecule has 1 fully saturated rings. The minimum absolute atomic E-state index is 0.273. The number of aromatic nitrogens is 2. The number of imidazole rings is 1. The molecular weight excluding hydrogens is 340 g/mol. The average Bonchev–Trinajstić information content (AvgIpc) is 3.09. The molecule has 25 heavy (non-hydrogen) atoms. The second-order valence-electron chi connectivity index (χ2n) is 6.18. The largest absolute Gasteiger partial charge is 0.396 e. The van der Waals surface area contributed by atoms with Gasteiger partial charge >= 0.3 is 0 Å². The molecule has 1 aromatic heterocycles. The number of rotatable bonds is 4. The van der Waals surface area contributed by atoms with Crippen LogP contribution in [0.15, 0.2) is 12.4 Å². The molecular formula is C14H22N2O9. The fourth-order valence-corrected chi connectivity index (χ4v) is 3.25. The molecule has 0 spiro atoms. The quantitative estimate of drug-likeness (QED) is 0.279. The van der Waals surface area contributed by atoms with Gasteiger partial charge < -0.3 is 49.8 Å². The Balaban J connectivity index is 1.83. The van der Waals surface area contributed by atoms with Crippen LogP contribution in [-0.4, -0.2) is 101 Å². The lowest BCUT2D eigenvalue weighted by molar-refractivity contribution is -0.325.